The van der Waals surface area contributed by atoms with Crippen molar-refractivity contribution in [3.05, 3.63) is 16.1 Å². The standard InChI is InChI=1S/C11H17N3OS/c1-8-13-11(7-16-8)5-12-10-3-4-14(6-10)9(2)15/h7,10,12H,3-6H2,1-2H3. The third kappa shape index (κ3) is 2.80. The maximum absolute atomic E-state index is 11.2. The number of carbonyl (C=O) groups excluding carboxylic acids is 1. The summed E-state index contributed by atoms with van der Waals surface area (Å²) in [6.07, 6.45) is 1.04. The van der Waals surface area contributed by atoms with Gasteiger partial charge in [-0.1, -0.05) is 0 Å². The molecule has 4 nitrogen and oxygen atoms in total. The second kappa shape index (κ2) is 4.93. The van der Waals surface area contributed by atoms with Gasteiger partial charge in [0.2, 0.25) is 5.91 Å². The summed E-state index contributed by atoms with van der Waals surface area (Å²) in [5, 5.41) is 6.63. The van der Waals surface area contributed by atoms with Crippen molar-refractivity contribution in [3.8, 4) is 0 Å². The van der Waals surface area contributed by atoms with Crippen LogP contribution < -0.4 is 5.32 Å². The predicted octanol–water partition coefficient (Wildman–Crippen LogP) is 1.16. The van der Waals surface area contributed by atoms with E-state index in [4.69, 9.17) is 0 Å². The van der Waals surface area contributed by atoms with E-state index in [2.05, 4.69) is 15.7 Å². The SMILES string of the molecule is CC(=O)N1CCC(NCc2csc(C)n2)C1. The molecule has 88 valence electrons. The Balaban J connectivity index is 1.77. The minimum Gasteiger partial charge on any atom is -0.341 e. The number of likely N-dealkylation sites (tertiary alicyclic amines) is 1. The van der Waals surface area contributed by atoms with E-state index in [1.807, 2.05) is 11.8 Å². The van der Waals surface area contributed by atoms with Crippen molar-refractivity contribution in [2.75, 3.05) is 13.1 Å². The topological polar surface area (TPSA) is 45.2 Å². The van der Waals surface area contributed by atoms with Gasteiger partial charge in [-0.2, -0.15) is 0 Å². The molecular weight excluding hydrogens is 222 g/mol. The van der Waals surface area contributed by atoms with Crippen LogP contribution in [0, 0.1) is 6.92 Å². The van der Waals surface area contributed by atoms with Crippen LogP contribution in [0.5, 0.6) is 0 Å². The van der Waals surface area contributed by atoms with E-state index in [0.29, 0.717) is 6.04 Å². The van der Waals surface area contributed by atoms with Crippen LogP contribution in [0.4, 0.5) is 0 Å². The normalized spacial score (nSPS) is 20.4. The molecule has 2 rings (SSSR count). The lowest BCUT2D eigenvalue weighted by Crippen LogP contribution is -2.33. The van der Waals surface area contributed by atoms with E-state index < -0.39 is 0 Å². The Morgan fingerprint density at radius 3 is 3.12 bits per heavy atom. The molecule has 1 atom stereocenters. The zero-order valence-electron chi connectivity index (χ0n) is 9.69. The van der Waals surface area contributed by atoms with Crippen LogP contribution in [0.1, 0.15) is 24.0 Å². The Bertz CT molecular complexity index is 377. The molecule has 2 heterocycles. The molecule has 0 radical (unpaired) electrons. The number of nitrogens with one attached hydrogen (secondary N) is 1. The minimum atomic E-state index is 0.175. The van der Waals surface area contributed by atoms with Gasteiger partial charge in [0.05, 0.1) is 10.7 Å². The molecule has 0 aromatic carbocycles. The number of nitrogens with zero attached hydrogens (tertiary/aromatic N) is 2. The third-order valence-electron chi connectivity index (χ3n) is 2.87. The first-order valence-corrected chi connectivity index (χ1v) is 6.43. The molecule has 1 N–H and O–H groups in total. The average Bonchev–Trinajstić information content (AvgIpc) is 2.83. The highest BCUT2D eigenvalue weighted by Crippen LogP contribution is 2.11. The van der Waals surface area contributed by atoms with Gasteiger partial charge < -0.3 is 10.2 Å². The molecule has 5 heteroatoms. The van der Waals surface area contributed by atoms with Crippen LogP contribution in [-0.4, -0.2) is 34.9 Å². The molecular formula is C11H17N3OS. The first kappa shape index (κ1) is 11.5. The molecule has 1 aliphatic rings. The number of rotatable bonds is 3. The average molecular weight is 239 g/mol. The van der Waals surface area contributed by atoms with E-state index in [-0.39, 0.29) is 5.91 Å². The number of carbonyl (C=O) groups is 1. The van der Waals surface area contributed by atoms with E-state index in [0.717, 1.165) is 36.8 Å². The fourth-order valence-electron chi connectivity index (χ4n) is 1.95. The van der Waals surface area contributed by atoms with Crippen molar-refractivity contribution < 1.29 is 4.79 Å². The molecule has 1 saturated heterocycles. The van der Waals surface area contributed by atoms with Gasteiger partial charge >= 0.3 is 0 Å². The van der Waals surface area contributed by atoms with E-state index in [1.54, 1.807) is 18.3 Å². The van der Waals surface area contributed by atoms with E-state index >= 15 is 0 Å². The van der Waals surface area contributed by atoms with E-state index in [9.17, 15) is 4.79 Å². The highest BCUT2D eigenvalue weighted by Gasteiger charge is 2.23. The second-order valence-electron chi connectivity index (χ2n) is 4.19. The molecule has 1 fully saturated rings. The molecule has 0 saturated carbocycles. The number of aromatic nitrogens is 1. The lowest BCUT2D eigenvalue weighted by atomic mass is 10.2. The van der Waals surface area contributed by atoms with Crippen LogP contribution in [0.2, 0.25) is 0 Å². The predicted molar refractivity (Wildman–Crippen MR) is 64.3 cm³/mol. The second-order valence-corrected chi connectivity index (χ2v) is 5.25. The van der Waals surface area contributed by atoms with Gasteiger partial charge in [0, 0.05) is 38.0 Å². The van der Waals surface area contributed by atoms with Crippen molar-refractivity contribution in [2.45, 2.75) is 32.9 Å². The first-order chi connectivity index (χ1) is 7.65. The van der Waals surface area contributed by atoms with Crippen LogP contribution in [-0.2, 0) is 11.3 Å². The van der Waals surface area contributed by atoms with Gasteiger partial charge in [0.1, 0.15) is 0 Å². The van der Waals surface area contributed by atoms with Crippen molar-refractivity contribution in [1.29, 1.82) is 0 Å². The molecule has 1 unspecified atom stereocenters. The monoisotopic (exact) mass is 239 g/mol. The summed E-state index contributed by atoms with van der Waals surface area (Å²) in [5.74, 6) is 0.175. The molecule has 0 bridgehead atoms. The lowest BCUT2D eigenvalue weighted by Gasteiger charge is -2.14. The zero-order chi connectivity index (χ0) is 11.5. The lowest BCUT2D eigenvalue weighted by molar-refractivity contribution is -0.127. The van der Waals surface area contributed by atoms with Crippen molar-refractivity contribution in [1.82, 2.24) is 15.2 Å². The summed E-state index contributed by atoms with van der Waals surface area (Å²) >= 11 is 1.68. The van der Waals surface area contributed by atoms with Gasteiger partial charge in [-0.25, -0.2) is 4.98 Å². The van der Waals surface area contributed by atoms with Crippen LogP contribution in [0.15, 0.2) is 5.38 Å². The highest BCUT2D eigenvalue weighted by molar-refractivity contribution is 7.09. The Kier molecular flexibility index (Phi) is 3.56. The molecule has 1 aromatic heterocycles. The summed E-state index contributed by atoms with van der Waals surface area (Å²) in [6, 6.07) is 0.422. The number of thiazole rings is 1. The quantitative estimate of drug-likeness (QED) is 0.861. The fraction of sp³-hybridized carbons (Fsp3) is 0.636. The highest BCUT2D eigenvalue weighted by atomic mass is 32.1. The zero-order valence-corrected chi connectivity index (χ0v) is 10.5. The summed E-state index contributed by atoms with van der Waals surface area (Å²) in [5.41, 5.74) is 1.10. The largest absolute Gasteiger partial charge is 0.341 e. The Morgan fingerprint density at radius 1 is 1.75 bits per heavy atom. The van der Waals surface area contributed by atoms with Gasteiger partial charge in [-0.15, -0.1) is 11.3 Å². The van der Waals surface area contributed by atoms with Crippen LogP contribution >= 0.6 is 11.3 Å². The molecule has 1 aromatic rings. The summed E-state index contributed by atoms with van der Waals surface area (Å²) in [7, 11) is 0. The molecule has 0 aliphatic carbocycles. The number of hydrogen-bond donors (Lipinski definition) is 1. The smallest absolute Gasteiger partial charge is 0.219 e. The van der Waals surface area contributed by atoms with Gasteiger partial charge in [-0.3, -0.25) is 4.79 Å². The van der Waals surface area contributed by atoms with Crippen molar-refractivity contribution in [3.63, 3.8) is 0 Å². The Hall–Kier alpha value is -0.940. The molecule has 1 amide bonds. The first-order valence-electron chi connectivity index (χ1n) is 5.55. The van der Waals surface area contributed by atoms with Gasteiger partial charge in [0.15, 0.2) is 0 Å². The number of amides is 1. The third-order valence-corrected chi connectivity index (χ3v) is 3.69. The fourth-order valence-corrected chi connectivity index (χ4v) is 2.56. The summed E-state index contributed by atoms with van der Waals surface area (Å²) in [4.78, 5) is 17.5. The molecule has 16 heavy (non-hydrogen) atoms. The van der Waals surface area contributed by atoms with Crippen LogP contribution in [0.25, 0.3) is 0 Å². The Labute approximate surface area is 99.7 Å². The maximum atomic E-state index is 11.2. The van der Waals surface area contributed by atoms with Crippen molar-refractivity contribution >= 4 is 17.2 Å². The Morgan fingerprint density at radius 2 is 2.56 bits per heavy atom. The number of aryl methyl sites for hydroxylation is 1. The molecule has 1 aliphatic heterocycles. The summed E-state index contributed by atoms with van der Waals surface area (Å²) in [6.45, 7) is 6.16. The van der Waals surface area contributed by atoms with Gasteiger partial charge in [-0.05, 0) is 13.3 Å². The van der Waals surface area contributed by atoms with Crippen molar-refractivity contribution in [2.24, 2.45) is 0 Å². The minimum absolute atomic E-state index is 0.175. The molecule has 0 spiro atoms. The van der Waals surface area contributed by atoms with E-state index in [1.165, 1.54) is 0 Å². The van der Waals surface area contributed by atoms with Crippen LogP contribution in [0.3, 0.4) is 0 Å². The number of hydrogen-bond acceptors (Lipinski definition) is 4. The summed E-state index contributed by atoms with van der Waals surface area (Å²) < 4.78 is 0. The maximum Gasteiger partial charge on any atom is 0.219 e. The van der Waals surface area contributed by atoms with Gasteiger partial charge in [0.25, 0.3) is 0 Å².